The first kappa shape index (κ1) is 10.3. The molecule has 1 aromatic rings. The Morgan fingerprint density at radius 3 is 2.56 bits per heavy atom. The molecule has 3 rings (SSSR count). The normalized spacial score (nSPS) is 30.4. The molecule has 0 aromatic carbocycles. The van der Waals surface area contributed by atoms with Gasteiger partial charge in [-0.25, -0.2) is 0 Å². The van der Waals surface area contributed by atoms with E-state index in [0.717, 1.165) is 18.6 Å². The van der Waals surface area contributed by atoms with Crippen molar-refractivity contribution >= 4 is 0 Å². The number of rotatable bonds is 2. The van der Waals surface area contributed by atoms with E-state index in [1.807, 2.05) is 11.7 Å². The minimum absolute atomic E-state index is 0.781. The van der Waals surface area contributed by atoms with E-state index in [1.54, 1.807) is 0 Å². The zero-order valence-corrected chi connectivity index (χ0v) is 10.3. The molecule has 0 spiro atoms. The number of nitrogens with zero attached hydrogens (tertiary/aromatic N) is 4. The standard InChI is InChI=1S/C12H20N4/c1-9-10(5-15(3)13-9)6-16-11-4-12(16)8-14(2)7-11/h5,11-12H,4,6-8H2,1-3H3. The number of fused-ring (bicyclic) bond motifs is 2. The number of hydrogen-bond acceptors (Lipinski definition) is 3. The van der Waals surface area contributed by atoms with Crippen LogP contribution in [0.3, 0.4) is 0 Å². The molecule has 0 radical (unpaired) electrons. The SMILES string of the molecule is Cc1nn(C)cc1CN1C2CC1CN(C)C2. The number of piperazine rings is 1. The lowest BCUT2D eigenvalue weighted by Gasteiger charge is -2.55. The molecule has 0 amide bonds. The van der Waals surface area contributed by atoms with Gasteiger partial charge in [0.1, 0.15) is 0 Å². The second-order valence-electron chi connectivity index (χ2n) is 5.35. The van der Waals surface area contributed by atoms with E-state index in [-0.39, 0.29) is 0 Å². The van der Waals surface area contributed by atoms with Crippen molar-refractivity contribution in [2.24, 2.45) is 7.05 Å². The molecule has 2 aliphatic rings. The number of likely N-dealkylation sites (N-methyl/N-ethyl adjacent to an activating group) is 1. The molecule has 0 saturated carbocycles. The summed E-state index contributed by atoms with van der Waals surface area (Å²) in [5, 5.41) is 4.41. The van der Waals surface area contributed by atoms with Gasteiger partial charge in [-0.05, 0) is 20.4 Å². The Labute approximate surface area is 96.8 Å². The van der Waals surface area contributed by atoms with Gasteiger partial charge in [0.25, 0.3) is 0 Å². The Hall–Kier alpha value is -0.870. The molecule has 2 unspecified atom stereocenters. The fraction of sp³-hybridized carbons (Fsp3) is 0.750. The smallest absolute Gasteiger partial charge is 0.0638 e. The summed E-state index contributed by atoms with van der Waals surface area (Å²) < 4.78 is 1.92. The highest BCUT2D eigenvalue weighted by Crippen LogP contribution is 2.33. The van der Waals surface area contributed by atoms with Crippen LogP contribution in [-0.2, 0) is 13.6 Å². The Bertz CT molecular complexity index is 386. The van der Waals surface area contributed by atoms with Crippen molar-refractivity contribution in [1.29, 1.82) is 0 Å². The molecule has 0 N–H and O–H groups in total. The predicted molar refractivity (Wildman–Crippen MR) is 63.2 cm³/mol. The lowest BCUT2D eigenvalue weighted by atomic mass is 9.87. The molecule has 2 saturated heterocycles. The van der Waals surface area contributed by atoms with Crippen molar-refractivity contribution < 1.29 is 0 Å². The van der Waals surface area contributed by atoms with E-state index in [1.165, 1.54) is 30.8 Å². The Balaban J connectivity index is 1.70. The van der Waals surface area contributed by atoms with Crippen LogP contribution in [-0.4, -0.2) is 51.8 Å². The van der Waals surface area contributed by atoms with Crippen LogP contribution in [0.1, 0.15) is 17.7 Å². The van der Waals surface area contributed by atoms with Crippen molar-refractivity contribution in [3.63, 3.8) is 0 Å². The number of aromatic nitrogens is 2. The van der Waals surface area contributed by atoms with Gasteiger partial charge in [0.2, 0.25) is 0 Å². The van der Waals surface area contributed by atoms with Gasteiger partial charge < -0.3 is 4.90 Å². The highest BCUT2D eigenvalue weighted by atomic mass is 15.3. The van der Waals surface area contributed by atoms with E-state index in [9.17, 15) is 0 Å². The predicted octanol–water partition coefficient (Wildman–Crippen LogP) is 0.617. The first-order valence-electron chi connectivity index (χ1n) is 6.07. The summed E-state index contributed by atoms with van der Waals surface area (Å²) in [5.74, 6) is 0. The third kappa shape index (κ3) is 1.57. The van der Waals surface area contributed by atoms with E-state index in [0.29, 0.717) is 0 Å². The van der Waals surface area contributed by atoms with E-state index in [2.05, 4.69) is 35.1 Å². The van der Waals surface area contributed by atoms with Gasteiger partial charge in [-0.15, -0.1) is 0 Å². The number of hydrogen-bond donors (Lipinski definition) is 0. The Kier molecular flexibility index (Phi) is 2.30. The highest BCUT2D eigenvalue weighted by Gasteiger charge is 2.43. The fourth-order valence-electron chi connectivity index (χ4n) is 3.16. The van der Waals surface area contributed by atoms with Gasteiger partial charge in [0, 0.05) is 50.5 Å². The van der Waals surface area contributed by atoms with Crippen molar-refractivity contribution in [3.8, 4) is 0 Å². The monoisotopic (exact) mass is 220 g/mol. The lowest BCUT2D eigenvalue weighted by molar-refractivity contribution is -0.0669. The van der Waals surface area contributed by atoms with Crippen LogP contribution in [0.2, 0.25) is 0 Å². The minimum Gasteiger partial charge on any atom is -0.303 e. The molecule has 88 valence electrons. The number of likely N-dealkylation sites (tertiary alicyclic amines) is 2. The quantitative estimate of drug-likeness (QED) is 0.730. The van der Waals surface area contributed by atoms with Crippen LogP contribution in [0, 0.1) is 6.92 Å². The summed E-state index contributed by atoms with van der Waals surface area (Å²) in [6.45, 7) is 5.66. The molecule has 3 heterocycles. The number of aryl methyl sites for hydroxylation is 2. The maximum Gasteiger partial charge on any atom is 0.0638 e. The molecule has 16 heavy (non-hydrogen) atoms. The van der Waals surface area contributed by atoms with E-state index in [4.69, 9.17) is 0 Å². The topological polar surface area (TPSA) is 24.3 Å². The molecular weight excluding hydrogens is 200 g/mol. The average Bonchev–Trinajstić information content (AvgIpc) is 2.53. The van der Waals surface area contributed by atoms with Crippen LogP contribution < -0.4 is 0 Å². The molecule has 2 aliphatic heterocycles. The number of piperidine rings is 1. The fourth-order valence-corrected chi connectivity index (χ4v) is 3.16. The second-order valence-corrected chi connectivity index (χ2v) is 5.35. The average molecular weight is 220 g/mol. The Morgan fingerprint density at radius 2 is 2.00 bits per heavy atom. The molecule has 2 fully saturated rings. The third-order valence-corrected chi connectivity index (χ3v) is 4.00. The summed E-state index contributed by atoms with van der Waals surface area (Å²) >= 11 is 0. The molecule has 1 aromatic heterocycles. The van der Waals surface area contributed by atoms with Crippen LogP contribution in [0.5, 0.6) is 0 Å². The summed E-state index contributed by atoms with van der Waals surface area (Å²) in [5.41, 5.74) is 2.57. The van der Waals surface area contributed by atoms with Crippen LogP contribution in [0.4, 0.5) is 0 Å². The summed E-state index contributed by atoms with van der Waals surface area (Å²) in [4.78, 5) is 5.09. The highest BCUT2D eigenvalue weighted by molar-refractivity contribution is 5.17. The maximum absolute atomic E-state index is 4.41. The third-order valence-electron chi connectivity index (χ3n) is 4.00. The van der Waals surface area contributed by atoms with Crippen LogP contribution in [0.25, 0.3) is 0 Å². The van der Waals surface area contributed by atoms with E-state index < -0.39 is 0 Å². The summed E-state index contributed by atoms with van der Waals surface area (Å²) in [6.07, 6.45) is 3.55. The summed E-state index contributed by atoms with van der Waals surface area (Å²) in [6, 6.07) is 1.56. The molecular formula is C12H20N4. The molecule has 4 heteroatoms. The van der Waals surface area contributed by atoms with Crippen molar-refractivity contribution in [1.82, 2.24) is 19.6 Å². The van der Waals surface area contributed by atoms with Gasteiger partial charge in [-0.2, -0.15) is 5.10 Å². The molecule has 0 aliphatic carbocycles. The van der Waals surface area contributed by atoms with Crippen LogP contribution in [0.15, 0.2) is 6.20 Å². The first-order valence-corrected chi connectivity index (χ1v) is 6.07. The van der Waals surface area contributed by atoms with Crippen molar-refractivity contribution in [2.45, 2.75) is 32.0 Å². The lowest BCUT2D eigenvalue weighted by Crippen LogP contribution is -2.67. The van der Waals surface area contributed by atoms with Gasteiger partial charge in [0.15, 0.2) is 0 Å². The largest absolute Gasteiger partial charge is 0.303 e. The molecule has 2 bridgehead atoms. The van der Waals surface area contributed by atoms with Gasteiger partial charge in [-0.3, -0.25) is 9.58 Å². The first-order chi connectivity index (χ1) is 7.63. The minimum atomic E-state index is 0.781. The maximum atomic E-state index is 4.41. The van der Waals surface area contributed by atoms with Crippen LogP contribution >= 0.6 is 0 Å². The van der Waals surface area contributed by atoms with Crippen molar-refractivity contribution in [3.05, 3.63) is 17.5 Å². The summed E-state index contributed by atoms with van der Waals surface area (Å²) in [7, 11) is 4.23. The Morgan fingerprint density at radius 1 is 1.31 bits per heavy atom. The molecule has 2 atom stereocenters. The zero-order chi connectivity index (χ0) is 11.3. The van der Waals surface area contributed by atoms with Gasteiger partial charge in [0.05, 0.1) is 5.69 Å². The zero-order valence-electron chi connectivity index (χ0n) is 10.3. The molecule has 4 nitrogen and oxygen atoms in total. The van der Waals surface area contributed by atoms with Gasteiger partial charge in [-0.1, -0.05) is 0 Å². The second kappa shape index (κ2) is 3.57. The van der Waals surface area contributed by atoms with Crippen molar-refractivity contribution in [2.75, 3.05) is 20.1 Å². The van der Waals surface area contributed by atoms with E-state index >= 15 is 0 Å². The van der Waals surface area contributed by atoms with Gasteiger partial charge >= 0.3 is 0 Å².